The van der Waals surface area contributed by atoms with Gasteiger partial charge in [0.25, 0.3) is 0 Å². The highest BCUT2D eigenvalue weighted by Crippen LogP contribution is 2.18. The Morgan fingerprint density at radius 3 is 2.55 bits per heavy atom. The highest BCUT2D eigenvalue weighted by Gasteiger charge is 2.21. The van der Waals surface area contributed by atoms with Gasteiger partial charge in [-0.25, -0.2) is 4.39 Å². The molecule has 0 saturated carbocycles. The van der Waals surface area contributed by atoms with E-state index in [1.165, 1.54) is 17.7 Å². The van der Waals surface area contributed by atoms with Gasteiger partial charge in [0.1, 0.15) is 5.82 Å². The lowest BCUT2D eigenvalue weighted by Crippen LogP contribution is -2.48. The third-order valence-electron chi connectivity index (χ3n) is 5.39. The number of benzene rings is 2. The molecule has 1 amide bonds. The monoisotopic (exact) mass is 423 g/mol. The van der Waals surface area contributed by atoms with Gasteiger partial charge < -0.3 is 9.84 Å². The molecule has 1 N–H and O–H groups in total. The van der Waals surface area contributed by atoms with E-state index in [1.807, 2.05) is 12.1 Å². The number of aryl methyl sites for hydroxylation is 1. The molecular weight excluding hydrogens is 397 g/mol. The lowest BCUT2D eigenvalue weighted by atomic mass is 10.1. The van der Waals surface area contributed by atoms with Gasteiger partial charge in [0.2, 0.25) is 17.6 Å². The predicted molar refractivity (Wildman–Crippen MR) is 116 cm³/mol. The van der Waals surface area contributed by atoms with Crippen molar-refractivity contribution in [3.8, 4) is 11.4 Å². The van der Waals surface area contributed by atoms with Gasteiger partial charge in [0.05, 0.1) is 13.1 Å². The molecule has 2 heterocycles. The Morgan fingerprint density at radius 2 is 1.84 bits per heavy atom. The van der Waals surface area contributed by atoms with E-state index in [9.17, 15) is 9.18 Å². The van der Waals surface area contributed by atoms with Crippen LogP contribution in [-0.4, -0.2) is 58.6 Å². The van der Waals surface area contributed by atoms with Crippen molar-refractivity contribution in [1.82, 2.24) is 19.9 Å². The molecular formula is C23H26FN5O2. The second-order valence-corrected chi connectivity index (χ2v) is 7.67. The lowest BCUT2D eigenvalue weighted by molar-refractivity contribution is -0.117. The first-order valence-corrected chi connectivity index (χ1v) is 10.5. The summed E-state index contributed by atoms with van der Waals surface area (Å²) in [5.41, 5.74) is 2.69. The standard InChI is InChI=1S/C23H26FN5O2/c1-2-17-6-8-18(9-7-17)23-26-22(31-27-23)16-29-12-10-28(11-13-29)15-21(30)25-20-5-3-4-19(24)14-20/h3-9,14H,2,10-13,15-16H2,1H3,(H,25,30). The van der Waals surface area contributed by atoms with E-state index < -0.39 is 0 Å². The van der Waals surface area contributed by atoms with Gasteiger partial charge in [-0.15, -0.1) is 0 Å². The highest BCUT2D eigenvalue weighted by atomic mass is 19.1. The number of hydrogen-bond donors (Lipinski definition) is 1. The summed E-state index contributed by atoms with van der Waals surface area (Å²) in [6.45, 7) is 6.11. The maximum absolute atomic E-state index is 13.2. The molecule has 0 bridgehead atoms. The van der Waals surface area contributed by atoms with Crippen molar-refractivity contribution in [3.63, 3.8) is 0 Å². The van der Waals surface area contributed by atoms with E-state index in [4.69, 9.17) is 4.52 Å². The Labute approximate surface area is 180 Å². The summed E-state index contributed by atoms with van der Waals surface area (Å²) in [4.78, 5) is 21.1. The topological polar surface area (TPSA) is 74.5 Å². The number of aromatic nitrogens is 2. The fourth-order valence-electron chi connectivity index (χ4n) is 3.59. The van der Waals surface area contributed by atoms with Gasteiger partial charge in [0.15, 0.2) is 0 Å². The van der Waals surface area contributed by atoms with Crippen LogP contribution in [0.25, 0.3) is 11.4 Å². The summed E-state index contributed by atoms with van der Waals surface area (Å²) in [6, 6.07) is 14.1. The largest absolute Gasteiger partial charge is 0.338 e. The minimum Gasteiger partial charge on any atom is -0.338 e. The quantitative estimate of drug-likeness (QED) is 0.629. The summed E-state index contributed by atoms with van der Waals surface area (Å²) in [6.07, 6.45) is 0.996. The zero-order valence-electron chi connectivity index (χ0n) is 17.6. The minimum atomic E-state index is -0.367. The lowest BCUT2D eigenvalue weighted by Gasteiger charge is -2.33. The second-order valence-electron chi connectivity index (χ2n) is 7.67. The Morgan fingerprint density at radius 1 is 1.10 bits per heavy atom. The van der Waals surface area contributed by atoms with Crippen molar-refractivity contribution < 1.29 is 13.7 Å². The van der Waals surface area contributed by atoms with E-state index in [-0.39, 0.29) is 18.3 Å². The summed E-state index contributed by atoms with van der Waals surface area (Å²) in [7, 11) is 0. The van der Waals surface area contributed by atoms with Crippen LogP contribution in [0.5, 0.6) is 0 Å². The Kier molecular flexibility index (Phi) is 6.69. The molecule has 1 aliphatic rings. The van der Waals surface area contributed by atoms with Gasteiger partial charge in [-0.2, -0.15) is 4.98 Å². The van der Waals surface area contributed by atoms with Crippen LogP contribution < -0.4 is 5.32 Å². The van der Waals surface area contributed by atoms with Crippen LogP contribution in [0.15, 0.2) is 53.1 Å². The zero-order valence-corrected chi connectivity index (χ0v) is 17.6. The summed E-state index contributed by atoms with van der Waals surface area (Å²) < 4.78 is 18.7. The number of carbonyl (C=O) groups is 1. The number of anilines is 1. The fraction of sp³-hybridized carbons (Fsp3) is 0.348. The van der Waals surface area contributed by atoms with E-state index in [0.29, 0.717) is 23.9 Å². The molecule has 2 aromatic carbocycles. The SMILES string of the molecule is CCc1ccc(-c2noc(CN3CCN(CC(=O)Nc4cccc(F)c4)CC3)n2)cc1. The highest BCUT2D eigenvalue weighted by molar-refractivity contribution is 5.92. The van der Waals surface area contributed by atoms with Crippen molar-refractivity contribution in [1.29, 1.82) is 0 Å². The average Bonchev–Trinajstić information content (AvgIpc) is 3.23. The summed E-state index contributed by atoms with van der Waals surface area (Å²) >= 11 is 0. The van der Waals surface area contributed by atoms with Crippen molar-refractivity contribution in [2.45, 2.75) is 19.9 Å². The number of hydrogen-bond acceptors (Lipinski definition) is 6. The maximum atomic E-state index is 13.2. The molecule has 4 rings (SSSR count). The van der Waals surface area contributed by atoms with E-state index in [1.54, 1.807) is 12.1 Å². The van der Waals surface area contributed by atoms with Crippen LogP contribution in [0.2, 0.25) is 0 Å². The van der Waals surface area contributed by atoms with Crippen molar-refractivity contribution >= 4 is 11.6 Å². The molecule has 7 nitrogen and oxygen atoms in total. The van der Waals surface area contributed by atoms with Crippen molar-refractivity contribution in [3.05, 3.63) is 65.8 Å². The molecule has 0 spiro atoms. The molecule has 0 aliphatic carbocycles. The van der Waals surface area contributed by atoms with Crippen LogP contribution in [-0.2, 0) is 17.8 Å². The number of carbonyl (C=O) groups excluding carboxylic acids is 1. The molecule has 0 radical (unpaired) electrons. The molecule has 0 unspecified atom stereocenters. The molecule has 1 saturated heterocycles. The summed E-state index contributed by atoms with van der Waals surface area (Å²) in [5.74, 6) is 0.681. The van der Waals surface area contributed by atoms with Gasteiger partial charge in [-0.05, 0) is 30.2 Å². The van der Waals surface area contributed by atoms with Gasteiger partial charge >= 0.3 is 0 Å². The number of piperazine rings is 1. The van der Waals surface area contributed by atoms with E-state index >= 15 is 0 Å². The average molecular weight is 423 g/mol. The molecule has 1 aromatic heterocycles. The van der Waals surface area contributed by atoms with Gasteiger partial charge in [-0.1, -0.05) is 42.4 Å². The van der Waals surface area contributed by atoms with Crippen LogP contribution in [0.3, 0.4) is 0 Å². The normalized spacial score (nSPS) is 15.2. The number of rotatable bonds is 7. The minimum absolute atomic E-state index is 0.144. The van der Waals surface area contributed by atoms with Crippen LogP contribution in [0.1, 0.15) is 18.4 Å². The van der Waals surface area contributed by atoms with Crippen molar-refractivity contribution in [2.75, 3.05) is 38.0 Å². The van der Waals surface area contributed by atoms with Gasteiger partial charge in [0, 0.05) is 37.4 Å². The molecule has 8 heteroatoms. The van der Waals surface area contributed by atoms with Crippen LogP contribution >= 0.6 is 0 Å². The molecule has 1 aliphatic heterocycles. The third-order valence-corrected chi connectivity index (χ3v) is 5.39. The van der Waals surface area contributed by atoms with E-state index in [2.05, 4.69) is 44.3 Å². The second kappa shape index (κ2) is 9.80. The molecule has 0 atom stereocenters. The fourth-order valence-corrected chi connectivity index (χ4v) is 3.59. The number of nitrogens with one attached hydrogen (secondary N) is 1. The number of amides is 1. The maximum Gasteiger partial charge on any atom is 0.241 e. The smallest absolute Gasteiger partial charge is 0.241 e. The first-order chi connectivity index (χ1) is 15.1. The molecule has 1 fully saturated rings. The Balaban J connectivity index is 1.24. The van der Waals surface area contributed by atoms with Gasteiger partial charge in [-0.3, -0.25) is 14.6 Å². The Bertz CT molecular complexity index is 1010. The first-order valence-electron chi connectivity index (χ1n) is 10.5. The Hall–Kier alpha value is -3.10. The molecule has 31 heavy (non-hydrogen) atoms. The number of halogens is 1. The van der Waals surface area contributed by atoms with Crippen LogP contribution in [0.4, 0.5) is 10.1 Å². The van der Waals surface area contributed by atoms with Crippen LogP contribution in [0, 0.1) is 5.82 Å². The molecule has 162 valence electrons. The summed E-state index contributed by atoms with van der Waals surface area (Å²) in [5, 5.41) is 6.84. The van der Waals surface area contributed by atoms with E-state index in [0.717, 1.165) is 38.2 Å². The molecule has 3 aromatic rings. The first kappa shape index (κ1) is 21.1. The zero-order chi connectivity index (χ0) is 21.6. The third kappa shape index (κ3) is 5.74. The predicted octanol–water partition coefficient (Wildman–Crippen LogP) is 3.19. The number of nitrogens with zero attached hydrogens (tertiary/aromatic N) is 4. The van der Waals surface area contributed by atoms with Crippen molar-refractivity contribution in [2.24, 2.45) is 0 Å².